The molecule has 9 nitrogen and oxygen atoms in total. The van der Waals surface area contributed by atoms with E-state index in [4.69, 9.17) is 4.74 Å². The topological polar surface area (TPSA) is 119 Å². The van der Waals surface area contributed by atoms with Gasteiger partial charge in [0, 0.05) is 31.2 Å². The first kappa shape index (κ1) is 19.6. The maximum Gasteiger partial charge on any atom is 0.269 e. The van der Waals surface area contributed by atoms with Crippen molar-refractivity contribution < 1.29 is 22.9 Å². The fourth-order valence-electron chi connectivity index (χ4n) is 2.99. The molecule has 1 aliphatic heterocycles. The molecule has 1 heterocycles. The number of methoxy groups -OCH3 is 1. The van der Waals surface area contributed by atoms with Crippen LogP contribution in [0.1, 0.15) is 19.3 Å². The summed E-state index contributed by atoms with van der Waals surface area (Å²) < 4.78 is 32.8. The molecule has 0 bridgehead atoms. The number of hydrogen-bond acceptors (Lipinski definition) is 6. The van der Waals surface area contributed by atoms with Gasteiger partial charge >= 0.3 is 0 Å². The number of carbonyl (C=O) groups is 1. The summed E-state index contributed by atoms with van der Waals surface area (Å²) in [6.07, 6.45) is 2.21. The van der Waals surface area contributed by atoms with E-state index in [1.807, 2.05) is 0 Å². The van der Waals surface area contributed by atoms with Gasteiger partial charge in [-0.25, -0.2) is 8.42 Å². The van der Waals surface area contributed by atoms with Gasteiger partial charge in [-0.05, 0) is 37.1 Å². The van der Waals surface area contributed by atoms with E-state index in [2.05, 4.69) is 4.72 Å². The van der Waals surface area contributed by atoms with Gasteiger partial charge in [0.25, 0.3) is 15.7 Å². The number of nitrogens with zero attached hydrogens (tertiary/aromatic N) is 2. The van der Waals surface area contributed by atoms with Crippen LogP contribution in [-0.4, -0.2) is 32.9 Å². The number of piperidine rings is 1. The van der Waals surface area contributed by atoms with Crippen LogP contribution >= 0.6 is 0 Å². The molecule has 148 valence electrons. The Bertz CT molecular complexity index is 1000. The minimum atomic E-state index is -3.94. The van der Waals surface area contributed by atoms with Gasteiger partial charge in [0.1, 0.15) is 5.75 Å². The Kier molecular flexibility index (Phi) is 5.50. The Balaban J connectivity index is 1.85. The number of amides is 1. The smallest absolute Gasteiger partial charge is 0.269 e. The largest absolute Gasteiger partial charge is 0.494 e. The summed E-state index contributed by atoms with van der Waals surface area (Å²) in [6, 6.07) is 9.26. The standard InChI is InChI=1S/C18H19N3O6S/c1-27-17-12-13(5-10-16(17)20-11-3-2-4-18(20)22)19-28(25,26)15-8-6-14(7-9-15)21(23)24/h5-10,12,19H,2-4,11H2,1H3. The molecule has 1 amide bonds. The van der Waals surface area contributed by atoms with Gasteiger partial charge in [-0.15, -0.1) is 0 Å². The van der Waals surface area contributed by atoms with Crippen molar-refractivity contribution in [3.8, 4) is 5.75 Å². The summed E-state index contributed by atoms with van der Waals surface area (Å²) in [5.74, 6) is 0.378. The molecule has 10 heteroatoms. The summed E-state index contributed by atoms with van der Waals surface area (Å²) in [6.45, 7) is 0.586. The Hall–Kier alpha value is -3.14. The Labute approximate surface area is 162 Å². The summed E-state index contributed by atoms with van der Waals surface area (Å²) in [5, 5.41) is 10.7. The Morgan fingerprint density at radius 1 is 1.14 bits per heavy atom. The molecule has 0 radical (unpaired) electrons. The van der Waals surface area contributed by atoms with Crippen molar-refractivity contribution >= 4 is 33.0 Å². The lowest BCUT2D eigenvalue weighted by atomic mass is 10.1. The highest BCUT2D eigenvalue weighted by Crippen LogP contribution is 2.34. The van der Waals surface area contributed by atoms with Gasteiger partial charge in [-0.1, -0.05) is 0 Å². The Morgan fingerprint density at radius 3 is 2.46 bits per heavy atom. The zero-order chi connectivity index (χ0) is 20.3. The second-order valence-electron chi connectivity index (χ2n) is 6.25. The maximum absolute atomic E-state index is 12.5. The number of sulfonamides is 1. The van der Waals surface area contributed by atoms with Gasteiger partial charge in [0.15, 0.2) is 0 Å². The van der Waals surface area contributed by atoms with Crippen molar-refractivity contribution in [1.29, 1.82) is 0 Å². The van der Waals surface area contributed by atoms with E-state index in [-0.39, 0.29) is 22.2 Å². The molecule has 2 aromatic rings. The van der Waals surface area contributed by atoms with Crippen LogP contribution in [0.3, 0.4) is 0 Å². The van der Waals surface area contributed by atoms with Crippen LogP contribution in [0.5, 0.6) is 5.75 Å². The number of nitrogens with one attached hydrogen (secondary N) is 1. The van der Waals surface area contributed by atoms with Gasteiger partial charge in [0.2, 0.25) is 5.91 Å². The molecule has 0 spiro atoms. The van der Waals surface area contributed by atoms with E-state index >= 15 is 0 Å². The molecular weight excluding hydrogens is 386 g/mol. The van der Waals surface area contributed by atoms with E-state index in [0.29, 0.717) is 24.4 Å². The highest BCUT2D eigenvalue weighted by Gasteiger charge is 2.23. The SMILES string of the molecule is COc1cc(NS(=O)(=O)c2ccc([N+](=O)[O-])cc2)ccc1N1CCCCC1=O. The molecule has 0 atom stereocenters. The first-order chi connectivity index (χ1) is 13.3. The van der Waals surface area contributed by atoms with E-state index in [1.165, 1.54) is 25.3 Å². The quantitative estimate of drug-likeness (QED) is 0.583. The molecule has 1 saturated heterocycles. The summed E-state index contributed by atoms with van der Waals surface area (Å²) in [7, 11) is -2.49. The van der Waals surface area contributed by atoms with Crippen LogP contribution in [0.4, 0.5) is 17.1 Å². The third kappa shape index (κ3) is 4.06. The fraction of sp³-hybridized carbons (Fsp3) is 0.278. The first-order valence-corrected chi connectivity index (χ1v) is 10.1. The fourth-order valence-corrected chi connectivity index (χ4v) is 4.04. The van der Waals surface area contributed by atoms with Crippen LogP contribution in [-0.2, 0) is 14.8 Å². The third-order valence-corrected chi connectivity index (χ3v) is 5.80. The average Bonchev–Trinajstić information content (AvgIpc) is 2.68. The predicted molar refractivity (Wildman–Crippen MR) is 103 cm³/mol. The summed E-state index contributed by atoms with van der Waals surface area (Å²) >= 11 is 0. The molecule has 1 aliphatic rings. The second-order valence-corrected chi connectivity index (χ2v) is 7.93. The molecule has 2 aromatic carbocycles. The van der Waals surface area contributed by atoms with Gasteiger partial charge in [-0.2, -0.15) is 0 Å². The number of carbonyl (C=O) groups excluding carboxylic acids is 1. The van der Waals surface area contributed by atoms with Crippen molar-refractivity contribution in [3.63, 3.8) is 0 Å². The molecule has 3 rings (SSSR count). The monoisotopic (exact) mass is 405 g/mol. The number of ether oxygens (including phenoxy) is 1. The first-order valence-electron chi connectivity index (χ1n) is 8.57. The number of anilines is 2. The van der Waals surface area contributed by atoms with Gasteiger partial charge in [-0.3, -0.25) is 19.6 Å². The highest BCUT2D eigenvalue weighted by atomic mass is 32.2. The second kappa shape index (κ2) is 7.85. The van der Waals surface area contributed by atoms with Crippen molar-refractivity contribution in [2.45, 2.75) is 24.2 Å². The number of benzene rings is 2. The van der Waals surface area contributed by atoms with Crippen molar-refractivity contribution in [3.05, 3.63) is 52.6 Å². The minimum Gasteiger partial charge on any atom is -0.494 e. The van der Waals surface area contributed by atoms with Crippen molar-refractivity contribution in [2.75, 3.05) is 23.3 Å². The number of nitro benzene ring substituents is 1. The lowest BCUT2D eigenvalue weighted by Crippen LogP contribution is -2.35. The summed E-state index contributed by atoms with van der Waals surface area (Å²) in [5.41, 5.74) is 0.644. The van der Waals surface area contributed by atoms with Crippen LogP contribution in [0.2, 0.25) is 0 Å². The normalized spacial score (nSPS) is 14.6. The number of nitro groups is 1. The lowest BCUT2D eigenvalue weighted by molar-refractivity contribution is -0.384. The van der Waals surface area contributed by atoms with Gasteiger partial charge < -0.3 is 9.64 Å². The van der Waals surface area contributed by atoms with Gasteiger partial charge in [0.05, 0.1) is 28.3 Å². The van der Waals surface area contributed by atoms with E-state index < -0.39 is 14.9 Å². The van der Waals surface area contributed by atoms with Crippen molar-refractivity contribution in [1.82, 2.24) is 0 Å². The van der Waals surface area contributed by atoms with E-state index in [9.17, 15) is 23.3 Å². The van der Waals surface area contributed by atoms with Crippen LogP contribution in [0.15, 0.2) is 47.4 Å². The van der Waals surface area contributed by atoms with Crippen LogP contribution in [0, 0.1) is 10.1 Å². The maximum atomic E-state index is 12.5. The highest BCUT2D eigenvalue weighted by molar-refractivity contribution is 7.92. The predicted octanol–water partition coefficient (Wildman–Crippen LogP) is 2.92. The number of hydrogen-bond donors (Lipinski definition) is 1. The number of rotatable bonds is 6. The zero-order valence-corrected chi connectivity index (χ0v) is 15.9. The lowest BCUT2D eigenvalue weighted by Gasteiger charge is -2.28. The average molecular weight is 405 g/mol. The molecule has 1 fully saturated rings. The molecule has 0 saturated carbocycles. The zero-order valence-electron chi connectivity index (χ0n) is 15.1. The molecule has 0 aromatic heterocycles. The minimum absolute atomic E-state index is 0.00348. The molecule has 1 N–H and O–H groups in total. The van der Waals surface area contributed by atoms with Crippen LogP contribution in [0.25, 0.3) is 0 Å². The number of non-ortho nitro benzene ring substituents is 1. The van der Waals surface area contributed by atoms with E-state index in [0.717, 1.165) is 25.0 Å². The van der Waals surface area contributed by atoms with Crippen LogP contribution < -0.4 is 14.4 Å². The molecule has 28 heavy (non-hydrogen) atoms. The van der Waals surface area contributed by atoms with E-state index in [1.54, 1.807) is 17.0 Å². The molecule has 0 aliphatic carbocycles. The molecular formula is C18H19N3O6S. The Morgan fingerprint density at radius 2 is 1.86 bits per heavy atom. The molecule has 0 unspecified atom stereocenters. The van der Waals surface area contributed by atoms with Crippen molar-refractivity contribution in [2.24, 2.45) is 0 Å². The third-order valence-electron chi connectivity index (χ3n) is 4.40. The summed E-state index contributed by atoms with van der Waals surface area (Å²) in [4.78, 5) is 23.8.